The standard InChI is InChI=1S/C10H16N4O/c1-15-10-3-2-9(13-14-10)12-7-8-4-5-11-6-8/h2-3,8,11H,4-7H2,1H3,(H,12,13). The third-order valence-corrected chi connectivity index (χ3v) is 2.58. The minimum Gasteiger partial charge on any atom is -0.480 e. The second-order valence-electron chi connectivity index (χ2n) is 3.70. The predicted octanol–water partition coefficient (Wildman–Crippen LogP) is 0.507. The molecule has 1 aliphatic rings. The monoisotopic (exact) mass is 208 g/mol. The van der Waals surface area contributed by atoms with Crippen molar-refractivity contribution in [3.05, 3.63) is 12.1 Å². The minimum absolute atomic E-state index is 0.545. The van der Waals surface area contributed by atoms with Gasteiger partial charge in [-0.3, -0.25) is 0 Å². The Hall–Kier alpha value is -1.36. The van der Waals surface area contributed by atoms with Crippen molar-refractivity contribution in [1.29, 1.82) is 0 Å². The van der Waals surface area contributed by atoms with Gasteiger partial charge in [0.1, 0.15) is 5.82 Å². The number of rotatable bonds is 4. The largest absolute Gasteiger partial charge is 0.480 e. The zero-order chi connectivity index (χ0) is 10.5. The smallest absolute Gasteiger partial charge is 0.233 e. The van der Waals surface area contributed by atoms with Crippen LogP contribution in [0, 0.1) is 5.92 Å². The molecule has 2 N–H and O–H groups in total. The summed E-state index contributed by atoms with van der Waals surface area (Å²) in [6, 6.07) is 3.69. The summed E-state index contributed by atoms with van der Waals surface area (Å²) >= 11 is 0. The van der Waals surface area contributed by atoms with Gasteiger partial charge in [0.15, 0.2) is 0 Å². The van der Waals surface area contributed by atoms with Gasteiger partial charge in [-0.15, -0.1) is 10.2 Å². The van der Waals surface area contributed by atoms with E-state index >= 15 is 0 Å². The van der Waals surface area contributed by atoms with Gasteiger partial charge >= 0.3 is 0 Å². The van der Waals surface area contributed by atoms with Gasteiger partial charge in [-0.25, -0.2) is 0 Å². The van der Waals surface area contributed by atoms with Crippen LogP contribution in [0.1, 0.15) is 6.42 Å². The van der Waals surface area contributed by atoms with Crippen molar-refractivity contribution in [3.63, 3.8) is 0 Å². The molecule has 1 aromatic heterocycles. The first-order valence-corrected chi connectivity index (χ1v) is 5.21. The summed E-state index contributed by atoms with van der Waals surface area (Å²) in [5, 5.41) is 14.5. The lowest BCUT2D eigenvalue weighted by Gasteiger charge is -2.09. The van der Waals surface area contributed by atoms with E-state index in [-0.39, 0.29) is 0 Å². The number of hydrogen-bond donors (Lipinski definition) is 2. The van der Waals surface area contributed by atoms with Crippen LogP contribution in [-0.2, 0) is 0 Å². The van der Waals surface area contributed by atoms with E-state index in [0.717, 1.165) is 25.5 Å². The second-order valence-corrected chi connectivity index (χ2v) is 3.70. The molecule has 0 spiro atoms. The van der Waals surface area contributed by atoms with E-state index in [1.165, 1.54) is 6.42 Å². The van der Waals surface area contributed by atoms with Crippen molar-refractivity contribution in [1.82, 2.24) is 15.5 Å². The lowest BCUT2D eigenvalue weighted by molar-refractivity contribution is 0.392. The summed E-state index contributed by atoms with van der Waals surface area (Å²) < 4.78 is 4.94. The zero-order valence-corrected chi connectivity index (χ0v) is 8.86. The topological polar surface area (TPSA) is 59.1 Å². The molecule has 5 heteroatoms. The summed E-state index contributed by atoms with van der Waals surface area (Å²) in [4.78, 5) is 0. The summed E-state index contributed by atoms with van der Waals surface area (Å²) in [7, 11) is 1.58. The third kappa shape index (κ3) is 2.79. The van der Waals surface area contributed by atoms with Crippen LogP contribution in [0.3, 0.4) is 0 Å². The molecule has 1 unspecified atom stereocenters. The van der Waals surface area contributed by atoms with E-state index in [4.69, 9.17) is 4.74 Å². The van der Waals surface area contributed by atoms with Crippen LogP contribution in [0.2, 0.25) is 0 Å². The molecule has 82 valence electrons. The number of anilines is 1. The number of ether oxygens (including phenoxy) is 1. The highest BCUT2D eigenvalue weighted by Crippen LogP contribution is 2.10. The normalized spacial score (nSPS) is 20.2. The molecule has 1 atom stereocenters. The Morgan fingerprint density at radius 3 is 3.07 bits per heavy atom. The van der Waals surface area contributed by atoms with Crippen LogP contribution >= 0.6 is 0 Å². The molecule has 1 aromatic rings. The molecule has 0 aromatic carbocycles. The molecule has 2 rings (SSSR count). The van der Waals surface area contributed by atoms with Gasteiger partial charge in [0.2, 0.25) is 5.88 Å². The summed E-state index contributed by atoms with van der Waals surface area (Å²) in [5.74, 6) is 2.06. The van der Waals surface area contributed by atoms with Gasteiger partial charge in [0.05, 0.1) is 7.11 Å². The number of hydrogen-bond acceptors (Lipinski definition) is 5. The Balaban J connectivity index is 1.82. The van der Waals surface area contributed by atoms with Gasteiger partial charge in [-0.1, -0.05) is 0 Å². The van der Waals surface area contributed by atoms with E-state index in [0.29, 0.717) is 11.8 Å². The molecular formula is C10H16N4O. The van der Waals surface area contributed by atoms with Crippen LogP contribution in [-0.4, -0.2) is 36.9 Å². The summed E-state index contributed by atoms with van der Waals surface area (Å²) in [6.07, 6.45) is 1.23. The minimum atomic E-state index is 0.545. The van der Waals surface area contributed by atoms with Crippen molar-refractivity contribution in [3.8, 4) is 5.88 Å². The Kier molecular flexibility index (Phi) is 3.34. The summed E-state index contributed by atoms with van der Waals surface area (Å²) in [5.41, 5.74) is 0. The van der Waals surface area contributed by atoms with Gasteiger partial charge in [0, 0.05) is 12.6 Å². The number of nitrogens with zero attached hydrogens (tertiary/aromatic N) is 2. The van der Waals surface area contributed by atoms with E-state index in [2.05, 4.69) is 20.8 Å². The van der Waals surface area contributed by atoms with E-state index < -0.39 is 0 Å². The molecule has 0 bridgehead atoms. The highest BCUT2D eigenvalue weighted by molar-refractivity contribution is 5.34. The lowest BCUT2D eigenvalue weighted by atomic mass is 10.1. The summed E-state index contributed by atoms with van der Waals surface area (Å²) in [6.45, 7) is 3.17. The number of aromatic nitrogens is 2. The quantitative estimate of drug-likeness (QED) is 0.755. The fourth-order valence-electron chi connectivity index (χ4n) is 1.66. The van der Waals surface area contributed by atoms with Crippen LogP contribution in [0.4, 0.5) is 5.82 Å². The number of nitrogens with one attached hydrogen (secondary N) is 2. The first-order valence-electron chi connectivity index (χ1n) is 5.21. The van der Waals surface area contributed by atoms with Crippen LogP contribution < -0.4 is 15.4 Å². The first-order chi connectivity index (χ1) is 7.38. The van der Waals surface area contributed by atoms with Crippen LogP contribution in [0.5, 0.6) is 5.88 Å². The van der Waals surface area contributed by atoms with E-state index in [9.17, 15) is 0 Å². The first kappa shape index (κ1) is 10.2. The zero-order valence-electron chi connectivity index (χ0n) is 8.86. The van der Waals surface area contributed by atoms with Crippen molar-refractivity contribution >= 4 is 5.82 Å². The molecular weight excluding hydrogens is 192 g/mol. The predicted molar refractivity (Wildman–Crippen MR) is 58.1 cm³/mol. The van der Waals surface area contributed by atoms with Gasteiger partial charge in [-0.05, 0) is 31.5 Å². The average molecular weight is 208 g/mol. The lowest BCUT2D eigenvalue weighted by Crippen LogP contribution is -2.17. The van der Waals surface area contributed by atoms with E-state index in [1.807, 2.05) is 12.1 Å². The maximum absolute atomic E-state index is 4.94. The maximum atomic E-state index is 4.94. The molecule has 0 saturated carbocycles. The molecule has 5 nitrogen and oxygen atoms in total. The molecule has 2 heterocycles. The molecule has 0 amide bonds. The fraction of sp³-hybridized carbons (Fsp3) is 0.600. The average Bonchev–Trinajstić information content (AvgIpc) is 2.80. The van der Waals surface area contributed by atoms with Crippen LogP contribution in [0.15, 0.2) is 12.1 Å². The SMILES string of the molecule is COc1ccc(NCC2CCNC2)nn1. The van der Waals surface area contributed by atoms with Gasteiger partial charge in [0.25, 0.3) is 0 Å². The van der Waals surface area contributed by atoms with Crippen molar-refractivity contribution in [2.45, 2.75) is 6.42 Å². The second kappa shape index (κ2) is 4.93. The maximum Gasteiger partial charge on any atom is 0.233 e. The fourth-order valence-corrected chi connectivity index (χ4v) is 1.66. The Labute approximate surface area is 89.2 Å². The van der Waals surface area contributed by atoms with Crippen molar-refractivity contribution in [2.75, 3.05) is 32.1 Å². The molecule has 1 fully saturated rings. The van der Waals surface area contributed by atoms with Crippen molar-refractivity contribution < 1.29 is 4.74 Å². The Morgan fingerprint density at radius 2 is 2.47 bits per heavy atom. The van der Waals surface area contributed by atoms with Crippen LogP contribution in [0.25, 0.3) is 0 Å². The molecule has 0 radical (unpaired) electrons. The highest BCUT2D eigenvalue weighted by atomic mass is 16.5. The number of methoxy groups -OCH3 is 1. The third-order valence-electron chi connectivity index (χ3n) is 2.58. The van der Waals surface area contributed by atoms with Gasteiger partial charge in [-0.2, -0.15) is 0 Å². The molecule has 1 saturated heterocycles. The Morgan fingerprint density at radius 1 is 1.53 bits per heavy atom. The highest BCUT2D eigenvalue weighted by Gasteiger charge is 2.13. The Bertz CT molecular complexity index is 295. The van der Waals surface area contributed by atoms with E-state index in [1.54, 1.807) is 7.11 Å². The molecule has 1 aliphatic heterocycles. The van der Waals surface area contributed by atoms with Gasteiger partial charge < -0.3 is 15.4 Å². The molecule has 15 heavy (non-hydrogen) atoms. The van der Waals surface area contributed by atoms with Crippen molar-refractivity contribution in [2.24, 2.45) is 5.92 Å². The molecule has 0 aliphatic carbocycles.